The summed E-state index contributed by atoms with van der Waals surface area (Å²) in [6.07, 6.45) is 14.0. The molecule has 0 fully saturated rings. The average Bonchev–Trinajstić information content (AvgIpc) is 2.75. The van der Waals surface area contributed by atoms with Gasteiger partial charge in [0.1, 0.15) is 0 Å². The maximum Gasteiger partial charge on any atom is 2.00 e. The number of aromatic nitrogens is 4. The molecular formula is C20H20N4Zn+2. The van der Waals surface area contributed by atoms with E-state index in [2.05, 4.69) is 19.9 Å². The van der Waals surface area contributed by atoms with Crippen molar-refractivity contribution in [2.24, 2.45) is 0 Å². The molecule has 4 rings (SSSR count). The second-order valence-corrected chi connectivity index (χ2v) is 4.10. The fraction of sp³-hybridized carbons (Fsp3) is 0. The van der Waals surface area contributed by atoms with Gasteiger partial charge in [0.2, 0.25) is 0 Å². The predicted molar refractivity (Wildman–Crippen MR) is 96.9 cm³/mol. The summed E-state index contributed by atoms with van der Waals surface area (Å²) in [4.78, 5) is 15.1. The zero-order valence-corrected chi connectivity index (χ0v) is 17.0. The van der Waals surface area contributed by atoms with Gasteiger partial charge in [0.15, 0.2) is 0 Å². The summed E-state index contributed by atoms with van der Waals surface area (Å²) in [5.41, 5.74) is 0. The van der Waals surface area contributed by atoms with Gasteiger partial charge in [-0.05, 0) is 48.5 Å². The Morgan fingerprint density at radius 3 is 0.440 bits per heavy atom. The molecule has 25 heavy (non-hydrogen) atoms. The first kappa shape index (κ1) is 22.2. The molecule has 0 amide bonds. The van der Waals surface area contributed by atoms with Crippen molar-refractivity contribution in [2.75, 3.05) is 0 Å². The van der Waals surface area contributed by atoms with Crippen molar-refractivity contribution in [3.05, 3.63) is 122 Å². The summed E-state index contributed by atoms with van der Waals surface area (Å²) < 4.78 is 0. The molecule has 4 heterocycles. The molecule has 0 aliphatic carbocycles. The van der Waals surface area contributed by atoms with E-state index in [0.717, 1.165) is 0 Å². The third-order valence-electron chi connectivity index (χ3n) is 2.27. The molecule has 0 saturated carbocycles. The van der Waals surface area contributed by atoms with Gasteiger partial charge < -0.3 is 0 Å². The predicted octanol–water partition coefficient (Wildman–Crippen LogP) is 4.32. The maximum atomic E-state index is 3.78. The molecule has 4 aromatic rings. The molecule has 0 atom stereocenters. The number of rotatable bonds is 0. The SMILES string of the molecule is [Zn+2].c1ccncc1.c1ccncc1.c1ccncc1.c1ccncc1. The van der Waals surface area contributed by atoms with Crippen LogP contribution in [-0.4, -0.2) is 19.9 Å². The van der Waals surface area contributed by atoms with Crippen molar-refractivity contribution in [1.29, 1.82) is 0 Å². The van der Waals surface area contributed by atoms with E-state index in [1.165, 1.54) is 0 Å². The van der Waals surface area contributed by atoms with Crippen LogP contribution in [0.1, 0.15) is 0 Å². The summed E-state index contributed by atoms with van der Waals surface area (Å²) in [5.74, 6) is 0. The molecule has 4 aromatic heterocycles. The van der Waals surface area contributed by atoms with Crippen molar-refractivity contribution in [2.45, 2.75) is 0 Å². The first-order valence-electron chi connectivity index (χ1n) is 7.40. The fourth-order valence-corrected chi connectivity index (χ4v) is 1.25. The summed E-state index contributed by atoms with van der Waals surface area (Å²) in [6, 6.07) is 22.9. The van der Waals surface area contributed by atoms with Gasteiger partial charge >= 0.3 is 19.5 Å². The van der Waals surface area contributed by atoms with Crippen molar-refractivity contribution < 1.29 is 19.5 Å². The van der Waals surface area contributed by atoms with Gasteiger partial charge in [-0.2, -0.15) is 0 Å². The van der Waals surface area contributed by atoms with E-state index in [1.54, 1.807) is 49.6 Å². The fourth-order valence-electron chi connectivity index (χ4n) is 1.25. The Morgan fingerprint density at radius 1 is 0.240 bits per heavy atom. The van der Waals surface area contributed by atoms with Crippen molar-refractivity contribution in [3.8, 4) is 0 Å². The Labute approximate surface area is 161 Å². The Hall–Kier alpha value is -2.78. The zero-order valence-electron chi connectivity index (χ0n) is 14.0. The standard InChI is InChI=1S/4C5H5N.Zn/c4*1-2-4-6-5-3-1;/h4*1-5H;/q;;;;+2. The molecule has 0 aliphatic heterocycles. The Bertz CT molecular complexity index is 436. The molecule has 0 radical (unpaired) electrons. The summed E-state index contributed by atoms with van der Waals surface area (Å²) in [5, 5.41) is 0. The van der Waals surface area contributed by atoms with Gasteiger partial charge in [-0.1, -0.05) is 24.3 Å². The van der Waals surface area contributed by atoms with Crippen LogP contribution in [0.25, 0.3) is 0 Å². The van der Waals surface area contributed by atoms with E-state index in [0.29, 0.717) is 0 Å². The minimum absolute atomic E-state index is 0. The second-order valence-electron chi connectivity index (χ2n) is 4.10. The maximum absolute atomic E-state index is 3.78. The molecular weight excluding hydrogens is 362 g/mol. The third kappa shape index (κ3) is 17.4. The summed E-state index contributed by atoms with van der Waals surface area (Å²) in [7, 11) is 0. The average molecular weight is 382 g/mol. The van der Waals surface area contributed by atoms with Crippen molar-refractivity contribution in [1.82, 2.24) is 19.9 Å². The number of hydrogen-bond donors (Lipinski definition) is 0. The molecule has 4 nitrogen and oxygen atoms in total. The normalized spacial score (nSPS) is 7.68. The van der Waals surface area contributed by atoms with Crippen molar-refractivity contribution in [3.63, 3.8) is 0 Å². The second kappa shape index (κ2) is 19.3. The Balaban J connectivity index is 0.000000303. The molecule has 0 N–H and O–H groups in total. The van der Waals surface area contributed by atoms with Crippen LogP contribution in [-0.2, 0) is 19.5 Å². The first-order valence-corrected chi connectivity index (χ1v) is 7.40. The molecule has 0 unspecified atom stereocenters. The monoisotopic (exact) mass is 380 g/mol. The van der Waals surface area contributed by atoms with Crippen molar-refractivity contribution >= 4 is 0 Å². The molecule has 0 aromatic carbocycles. The van der Waals surface area contributed by atoms with Crippen LogP contribution in [0.4, 0.5) is 0 Å². The van der Waals surface area contributed by atoms with E-state index in [9.17, 15) is 0 Å². The number of pyridine rings is 4. The molecule has 0 bridgehead atoms. The van der Waals surface area contributed by atoms with Gasteiger partial charge in [-0.25, -0.2) is 0 Å². The zero-order chi connectivity index (χ0) is 17.0. The Morgan fingerprint density at radius 2 is 0.400 bits per heavy atom. The first-order chi connectivity index (χ1) is 12.0. The van der Waals surface area contributed by atoms with E-state index < -0.39 is 0 Å². The number of hydrogen-bond acceptors (Lipinski definition) is 4. The van der Waals surface area contributed by atoms with Crippen LogP contribution in [0.3, 0.4) is 0 Å². The van der Waals surface area contributed by atoms with Crippen LogP contribution in [0.5, 0.6) is 0 Å². The van der Waals surface area contributed by atoms with Gasteiger partial charge in [0.05, 0.1) is 0 Å². The van der Waals surface area contributed by atoms with Crippen LogP contribution in [0, 0.1) is 0 Å². The molecule has 0 spiro atoms. The molecule has 120 valence electrons. The van der Waals surface area contributed by atoms with Gasteiger partial charge in [-0.3, -0.25) is 19.9 Å². The van der Waals surface area contributed by atoms with E-state index in [1.807, 2.05) is 72.8 Å². The molecule has 0 saturated heterocycles. The van der Waals surface area contributed by atoms with Gasteiger partial charge in [-0.15, -0.1) is 0 Å². The quantitative estimate of drug-likeness (QED) is 0.425. The minimum atomic E-state index is 0. The van der Waals surface area contributed by atoms with Crippen LogP contribution in [0.15, 0.2) is 122 Å². The summed E-state index contributed by atoms with van der Waals surface area (Å²) >= 11 is 0. The smallest absolute Gasteiger partial charge is 0.265 e. The minimum Gasteiger partial charge on any atom is -0.265 e. The van der Waals surface area contributed by atoms with E-state index in [-0.39, 0.29) is 19.5 Å². The molecule has 0 aliphatic rings. The topological polar surface area (TPSA) is 51.6 Å². The van der Waals surface area contributed by atoms with E-state index >= 15 is 0 Å². The van der Waals surface area contributed by atoms with E-state index in [4.69, 9.17) is 0 Å². The Kier molecular flexibility index (Phi) is 17.1. The largest absolute Gasteiger partial charge is 2.00 e. The number of nitrogens with zero attached hydrogens (tertiary/aromatic N) is 4. The molecule has 5 heteroatoms. The van der Waals surface area contributed by atoms with Crippen LogP contribution >= 0.6 is 0 Å². The third-order valence-corrected chi connectivity index (χ3v) is 2.27. The summed E-state index contributed by atoms with van der Waals surface area (Å²) in [6.45, 7) is 0. The van der Waals surface area contributed by atoms with Crippen LogP contribution < -0.4 is 0 Å². The van der Waals surface area contributed by atoms with Gasteiger partial charge in [0.25, 0.3) is 0 Å². The van der Waals surface area contributed by atoms with Gasteiger partial charge in [0, 0.05) is 49.6 Å². The van der Waals surface area contributed by atoms with Crippen LogP contribution in [0.2, 0.25) is 0 Å².